The summed E-state index contributed by atoms with van der Waals surface area (Å²) < 4.78 is 25.9. The number of hydrogen-bond donors (Lipinski definition) is 1. The maximum absolute atomic E-state index is 11.4. The lowest BCUT2D eigenvalue weighted by Gasteiger charge is -2.05. The maximum Gasteiger partial charge on any atom is 0.338 e. The summed E-state index contributed by atoms with van der Waals surface area (Å²) in [5, 5.41) is 9.00. The van der Waals surface area contributed by atoms with Gasteiger partial charge in [0.1, 0.15) is 0 Å². The highest BCUT2D eigenvalue weighted by atomic mass is 32.2. The molecule has 1 N–H and O–H groups in total. The second-order valence-electron chi connectivity index (χ2n) is 3.21. The third-order valence-electron chi connectivity index (χ3n) is 1.71. The summed E-state index contributed by atoms with van der Waals surface area (Å²) in [6.45, 7) is 3.82. The molecule has 1 rings (SSSR count). The first-order valence-corrected chi connectivity index (χ1v) is 6.72. The van der Waals surface area contributed by atoms with Crippen molar-refractivity contribution in [3.05, 3.63) is 10.5 Å². The molecule has 1 heterocycles. The van der Waals surface area contributed by atoms with Crippen molar-refractivity contribution in [1.29, 1.82) is 0 Å². The molecule has 0 aromatic carbocycles. The highest BCUT2D eigenvalue weighted by Crippen LogP contribution is 2.25. The number of hydrogen-bond acceptors (Lipinski definition) is 4. The van der Waals surface area contributed by atoms with Gasteiger partial charge in [-0.25, -0.2) is 4.79 Å². The first-order valence-electron chi connectivity index (χ1n) is 4.23. The van der Waals surface area contributed by atoms with Crippen molar-refractivity contribution in [2.24, 2.45) is 4.40 Å². The van der Waals surface area contributed by atoms with Crippen LogP contribution in [-0.2, 0) is 14.8 Å². The van der Waals surface area contributed by atoms with Crippen molar-refractivity contribution in [2.75, 3.05) is 5.75 Å². The van der Waals surface area contributed by atoms with Crippen molar-refractivity contribution < 1.29 is 18.3 Å². The third kappa shape index (κ3) is 2.82. The van der Waals surface area contributed by atoms with Crippen molar-refractivity contribution >= 4 is 34.0 Å². The highest BCUT2D eigenvalue weighted by molar-refractivity contribution is 8.02. The van der Waals surface area contributed by atoms with E-state index in [-0.39, 0.29) is 21.5 Å². The van der Waals surface area contributed by atoms with Crippen LogP contribution in [0.1, 0.15) is 13.8 Å². The molecule has 0 saturated heterocycles. The number of sulfonamides is 1. The van der Waals surface area contributed by atoms with Crippen LogP contribution in [0.5, 0.6) is 0 Å². The van der Waals surface area contributed by atoms with E-state index in [0.29, 0.717) is 0 Å². The molecule has 0 unspecified atom stereocenters. The molecule has 0 amide bonds. The van der Waals surface area contributed by atoms with Crippen molar-refractivity contribution in [3.63, 3.8) is 0 Å². The van der Waals surface area contributed by atoms with Gasteiger partial charge >= 0.3 is 5.97 Å². The van der Waals surface area contributed by atoms with E-state index >= 15 is 0 Å². The zero-order valence-corrected chi connectivity index (χ0v) is 9.93. The molecule has 5 nitrogen and oxygen atoms in total. The van der Waals surface area contributed by atoms with E-state index in [1.165, 1.54) is 11.8 Å². The van der Waals surface area contributed by atoms with Crippen LogP contribution in [0.4, 0.5) is 0 Å². The smallest absolute Gasteiger partial charge is 0.338 e. The summed E-state index contributed by atoms with van der Waals surface area (Å²) in [6, 6.07) is 0. The van der Waals surface area contributed by atoms with E-state index in [4.69, 9.17) is 5.11 Å². The van der Waals surface area contributed by atoms with Gasteiger partial charge in [-0.2, -0.15) is 24.6 Å². The first-order chi connectivity index (χ1) is 6.84. The zero-order chi connectivity index (χ0) is 11.6. The van der Waals surface area contributed by atoms with Crippen LogP contribution >= 0.6 is 11.8 Å². The minimum atomic E-state index is -3.73. The van der Waals surface area contributed by atoms with E-state index in [0.717, 1.165) is 6.21 Å². The van der Waals surface area contributed by atoms with Crippen LogP contribution in [0.25, 0.3) is 0 Å². The normalized spacial score (nSPS) is 18.9. The average molecular weight is 249 g/mol. The molecule has 0 aliphatic carbocycles. The Morgan fingerprint density at radius 1 is 1.60 bits per heavy atom. The van der Waals surface area contributed by atoms with Crippen molar-refractivity contribution in [2.45, 2.75) is 19.1 Å². The molecular weight excluding hydrogens is 238 g/mol. The molecule has 15 heavy (non-hydrogen) atoms. The lowest BCUT2D eigenvalue weighted by atomic mass is 10.3. The summed E-state index contributed by atoms with van der Waals surface area (Å²) in [7, 11) is -3.73. The quantitative estimate of drug-likeness (QED) is 0.799. The van der Waals surface area contributed by atoms with Gasteiger partial charge in [-0.3, -0.25) is 0 Å². The van der Waals surface area contributed by atoms with Gasteiger partial charge in [0.15, 0.2) is 0 Å². The zero-order valence-electron chi connectivity index (χ0n) is 8.30. The molecule has 0 radical (unpaired) electrons. The molecule has 0 aromatic heterocycles. The van der Waals surface area contributed by atoms with Crippen molar-refractivity contribution in [1.82, 2.24) is 0 Å². The lowest BCUT2D eigenvalue weighted by Crippen LogP contribution is -2.08. The lowest BCUT2D eigenvalue weighted by molar-refractivity contribution is -0.132. The molecule has 0 spiro atoms. The highest BCUT2D eigenvalue weighted by Gasteiger charge is 2.29. The Bertz CT molecular complexity index is 434. The van der Waals surface area contributed by atoms with Gasteiger partial charge in [-0.15, -0.1) is 0 Å². The van der Waals surface area contributed by atoms with Gasteiger partial charge in [0, 0.05) is 5.75 Å². The number of thioether (sulfide) groups is 1. The fourth-order valence-corrected chi connectivity index (χ4v) is 3.20. The largest absolute Gasteiger partial charge is 0.478 e. The Hall–Kier alpha value is -0.820. The predicted molar refractivity (Wildman–Crippen MR) is 59.7 cm³/mol. The van der Waals surface area contributed by atoms with Crippen LogP contribution in [-0.4, -0.2) is 36.7 Å². The Kier molecular flexibility index (Phi) is 3.56. The summed E-state index contributed by atoms with van der Waals surface area (Å²) in [5.41, 5.74) is -0.219. The van der Waals surface area contributed by atoms with E-state index < -0.39 is 16.0 Å². The van der Waals surface area contributed by atoms with Gasteiger partial charge in [0.05, 0.1) is 16.7 Å². The molecule has 7 heteroatoms. The number of nitrogens with zero attached hydrogens (tertiary/aromatic N) is 1. The second-order valence-corrected chi connectivity index (χ2v) is 6.43. The molecule has 1 aliphatic heterocycles. The molecule has 0 saturated carbocycles. The van der Waals surface area contributed by atoms with Crippen LogP contribution in [0.2, 0.25) is 0 Å². The van der Waals surface area contributed by atoms with Gasteiger partial charge in [-0.1, -0.05) is 13.8 Å². The van der Waals surface area contributed by atoms with E-state index in [1.54, 1.807) is 0 Å². The van der Waals surface area contributed by atoms with Crippen LogP contribution in [0.3, 0.4) is 0 Å². The summed E-state index contributed by atoms with van der Waals surface area (Å²) >= 11 is 1.37. The minimum Gasteiger partial charge on any atom is -0.478 e. The number of carbonyl (C=O) groups is 1. The van der Waals surface area contributed by atoms with Crippen molar-refractivity contribution in [3.8, 4) is 0 Å². The second kappa shape index (κ2) is 4.36. The molecule has 0 atom stereocenters. The molecule has 0 aromatic rings. The Labute approximate surface area is 92.3 Å². The van der Waals surface area contributed by atoms with E-state index in [1.807, 2.05) is 13.8 Å². The molecule has 1 aliphatic rings. The molecule has 0 fully saturated rings. The van der Waals surface area contributed by atoms with Gasteiger partial charge in [-0.05, 0) is 5.25 Å². The van der Waals surface area contributed by atoms with E-state index in [2.05, 4.69) is 4.40 Å². The first kappa shape index (κ1) is 12.3. The third-order valence-corrected chi connectivity index (χ3v) is 4.39. The topological polar surface area (TPSA) is 83.8 Å². The monoisotopic (exact) mass is 249 g/mol. The summed E-state index contributed by atoms with van der Waals surface area (Å²) in [4.78, 5) is 10.6. The molecule has 0 bridgehead atoms. The SMILES string of the molecule is CC(C)SCC1=C(C(=O)O)C=NS1(=O)=O. The standard InChI is InChI=1S/C8H11NO4S2/c1-5(2)14-4-7-6(8(10)11)3-9-15(7,12)13/h3,5H,4H2,1-2H3,(H,10,11). The number of rotatable bonds is 4. The van der Waals surface area contributed by atoms with Crippen LogP contribution in [0.15, 0.2) is 14.9 Å². The van der Waals surface area contributed by atoms with Gasteiger partial charge < -0.3 is 5.11 Å². The number of carboxylic acids is 1. The number of aliphatic carboxylic acids is 1. The summed E-state index contributed by atoms with van der Waals surface area (Å²) in [6.07, 6.45) is 0.897. The fraction of sp³-hybridized carbons (Fsp3) is 0.500. The van der Waals surface area contributed by atoms with Gasteiger partial charge in [0.25, 0.3) is 10.0 Å². The van der Waals surface area contributed by atoms with E-state index in [9.17, 15) is 13.2 Å². The minimum absolute atomic E-state index is 0.103. The van der Waals surface area contributed by atoms with Crippen LogP contribution in [0, 0.1) is 0 Å². The number of carboxylic acid groups (broad SMARTS) is 1. The molecular formula is C8H11NO4S2. The van der Waals surface area contributed by atoms with Gasteiger partial charge in [0.2, 0.25) is 0 Å². The van der Waals surface area contributed by atoms with Crippen LogP contribution < -0.4 is 0 Å². The Morgan fingerprint density at radius 3 is 2.67 bits per heavy atom. The Balaban J connectivity index is 2.99. The Morgan fingerprint density at radius 2 is 2.20 bits per heavy atom. The summed E-state index contributed by atoms with van der Waals surface area (Å²) in [5.74, 6) is -1.10. The average Bonchev–Trinajstić information content (AvgIpc) is 2.37. The molecule has 84 valence electrons. The predicted octanol–water partition coefficient (Wildman–Crippen LogP) is 0.881. The maximum atomic E-state index is 11.4. The fourth-order valence-electron chi connectivity index (χ4n) is 0.966.